The molecule has 1 saturated heterocycles. The Morgan fingerprint density at radius 1 is 1.32 bits per heavy atom. The number of hydrogen-bond acceptors (Lipinski definition) is 2. The molecule has 0 bridgehead atoms. The van der Waals surface area contributed by atoms with E-state index in [1.54, 1.807) is 18.2 Å². The fraction of sp³-hybridized carbons (Fsp3) is 0.385. The maximum Gasteiger partial charge on any atom is 0.233 e. The minimum absolute atomic E-state index is 0.120. The second kappa shape index (κ2) is 6.04. The molecule has 1 aromatic carbocycles. The Labute approximate surface area is 124 Å². The average molecular weight is 317 g/mol. The van der Waals surface area contributed by atoms with Gasteiger partial charge in [-0.1, -0.05) is 39.5 Å². The molecule has 2 rings (SSSR count). The third-order valence-corrected chi connectivity index (χ3v) is 6.77. The van der Waals surface area contributed by atoms with Crippen molar-refractivity contribution in [1.82, 2.24) is 4.72 Å². The van der Waals surface area contributed by atoms with Gasteiger partial charge in [0.05, 0.1) is 6.42 Å². The van der Waals surface area contributed by atoms with E-state index in [1.165, 1.54) is 0 Å². The lowest BCUT2D eigenvalue weighted by Gasteiger charge is -2.27. The zero-order valence-electron chi connectivity index (χ0n) is 10.3. The third-order valence-electron chi connectivity index (χ3n) is 3.12. The van der Waals surface area contributed by atoms with Gasteiger partial charge in [-0.2, -0.15) is 5.26 Å². The molecular weight excluding hydrogens is 303 g/mol. The molecular formula is C13H14Cl2N2OS. The van der Waals surface area contributed by atoms with E-state index in [0.29, 0.717) is 15.6 Å². The summed E-state index contributed by atoms with van der Waals surface area (Å²) in [7, 11) is -1.62. The van der Waals surface area contributed by atoms with Crippen LogP contribution in [0.25, 0.3) is 0 Å². The largest absolute Gasteiger partial charge is 0.306 e. The predicted molar refractivity (Wildman–Crippen MR) is 80.5 cm³/mol. The van der Waals surface area contributed by atoms with Gasteiger partial charge in [-0.05, 0) is 30.5 Å². The third kappa shape index (κ3) is 3.36. The van der Waals surface area contributed by atoms with Gasteiger partial charge < -0.3 is 4.72 Å². The lowest BCUT2D eigenvalue weighted by Crippen LogP contribution is -2.29. The molecule has 0 atom stereocenters. The first kappa shape index (κ1) is 14.5. The first-order valence-electron chi connectivity index (χ1n) is 5.99. The van der Waals surface area contributed by atoms with Gasteiger partial charge in [-0.3, -0.25) is 4.79 Å². The molecule has 0 aromatic heterocycles. The van der Waals surface area contributed by atoms with Crippen LogP contribution in [0.4, 0.5) is 0 Å². The Kier molecular flexibility index (Phi) is 4.62. The first-order valence-corrected chi connectivity index (χ1v) is 8.72. The summed E-state index contributed by atoms with van der Waals surface area (Å²) in [5.74, 6) is 1.42. The van der Waals surface area contributed by atoms with Gasteiger partial charge >= 0.3 is 0 Å². The summed E-state index contributed by atoms with van der Waals surface area (Å²) in [5.41, 5.74) is 0.619. The Morgan fingerprint density at radius 3 is 2.42 bits per heavy atom. The molecule has 1 aromatic rings. The van der Waals surface area contributed by atoms with Gasteiger partial charge in [-0.25, -0.2) is 0 Å². The average Bonchev–Trinajstić information content (AvgIpc) is 2.83. The SMILES string of the molecule is N#CS1(NC(=O)Cc2c(Cl)cccc2Cl)CCCC1. The molecule has 0 spiro atoms. The Morgan fingerprint density at radius 2 is 1.89 bits per heavy atom. The Balaban J connectivity index is 2.08. The number of halogens is 2. The Bertz CT molecular complexity index is 516. The van der Waals surface area contributed by atoms with Gasteiger partial charge in [0.2, 0.25) is 5.91 Å². The van der Waals surface area contributed by atoms with E-state index in [4.69, 9.17) is 23.2 Å². The molecule has 19 heavy (non-hydrogen) atoms. The number of amides is 1. The van der Waals surface area contributed by atoms with E-state index < -0.39 is 10.2 Å². The fourth-order valence-corrected chi connectivity index (χ4v) is 5.20. The molecule has 0 radical (unpaired) electrons. The molecule has 1 aliphatic rings. The molecule has 1 aliphatic heterocycles. The van der Waals surface area contributed by atoms with E-state index in [0.717, 1.165) is 24.3 Å². The molecule has 3 nitrogen and oxygen atoms in total. The van der Waals surface area contributed by atoms with Crippen LogP contribution in [0.3, 0.4) is 0 Å². The van der Waals surface area contributed by atoms with Crippen LogP contribution in [0.15, 0.2) is 18.2 Å². The number of nitrogens with zero attached hydrogens (tertiary/aromatic N) is 1. The van der Waals surface area contributed by atoms with Crippen LogP contribution >= 0.6 is 33.4 Å². The molecule has 0 saturated carbocycles. The maximum atomic E-state index is 12.1. The highest BCUT2D eigenvalue weighted by atomic mass is 35.5. The number of thiocyanates is 1. The number of carbonyl (C=O) groups is 1. The van der Waals surface area contributed by atoms with Gasteiger partial charge in [0.1, 0.15) is 5.40 Å². The first-order chi connectivity index (χ1) is 9.06. The Hall–Kier alpha value is -0.890. The summed E-state index contributed by atoms with van der Waals surface area (Å²) in [4.78, 5) is 12.1. The monoisotopic (exact) mass is 316 g/mol. The second-order valence-electron chi connectivity index (χ2n) is 4.49. The van der Waals surface area contributed by atoms with Gasteiger partial charge in [0.15, 0.2) is 0 Å². The number of nitrogens with one attached hydrogen (secondary N) is 1. The van der Waals surface area contributed by atoms with Crippen molar-refractivity contribution in [2.24, 2.45) is 0 Å². The maximum absolute atomic E-state index is 12.1. The van der Waals surface area contributed by atoms with Crippen LogP contribution in [0.2, 0.25) is 10.0 Å². The standard InChI is InChI=1S/C13H14Cl2N2OS/c14-11-4-3-5-12(15)10(11)8-13(18)17-19(9-16)6-1-2-7-19/h3-5H,1-2,6-8H2,(H,17,18). The van der Waals surface area contributed by atoms with Crippen molar-refractivity contribution >= 4 is 39.3 Å². The zero-order chi connectivity index (χ0) is 13.9. The molecule has 0 unspecified atom stereocenters. The van der Waals surface area contributed by atoms with Crippen LogP contribution in [0.1, 0.15) is 18.4 Å². The van der Waals surface area contributed by atoms with Gasteiger partial charge in [-0.15, -0.1) is 0 Å². The van der Waals surface area contributed by atoms with E-state index in [2.05, 4.69) is 10.1 Å². The van der Waals surface area contributed by atoms with E-state index in [1.807, 2.05) is 0 Å². The lowest BCUT2D eigenvalue weighted by molar-refractivity contribution is -0.118. The van der Waals surface area contributed by atoms with Crippen LogP contribution in [0, 0.1) is 10.7 Å². The number of benzene rings is 1. The summed E-state index contributed by atoms with van der Waals surface area (Å²) in [6.07, 6.45) is 2.14. The minimum atomic E-state index is -1.62. The molecule has 0 aliphatic carbocycles. The number of hydrogen-bond donors (Lipinski definition) is 1. The van der Waals surface area contributed by atoms with Crippen molar-refractivity contribution in [2.75, 3.05) is 11.5 Å². The van der Waals surface area contributed by atoms with Crippen LogP contribution in [-0.4, -0.2) is 17.4 Å². The number of nitriles is 1. The minimum Gasteiger partial charge on any atom is -0.306 e. The summed E-state index contributed by atoms with van der Waals surface area (Å²) in [6.45, 7) is 0. The van der Waals surface area contributed by atoms with E-state index in [9.17, 15) is 10.1 Å². The van der Waals surface area contributed by atoms with Gasteiger partial charge in [0.25, 0.3) is 0 Å². The van der Waals surface area contributed by atoms with Gasteiger partial charge in [0, 0.05) is 21.6 Å². The fourth-order valence-electron chi connectivity index (χ4n) is 2.13. The van der Waals surface area contributed by atoms with Crippen LogP contribution in [-0.2, 0) is 11.2 Å². The molecule has 1 heterocycles. The van der Waals surface area contributed by atoms with Crippen LogP contribution in [0.5, 0.6) is 0 Å². The summed E-state index contributed by atoms with van der Waals surface area (Å²) >= 11 is 12.1. The molecule has 1 N–H and O–H groups in total. The van der Waals surface area contributed by atoms with Crippen molar-refractivity contribution in [3.05, 3.63) is 33.8 Å². The van der Waals surface area contributed by atoms with Crippen molar-refractivity contribution in [3.63, 3.8) is 0 Å². The topological polar surface area (TPSA) is 52.9 Å². The van der Waals surface area contributed by atoms with Crippen molar-refractivity contribution in [2.45, 2.75) is 19.3 Å². The highest BCUT2D eigenvalue weighted by Crippen LogP contribution is 2.49. The normalized spacial score (nSPS) is 18.6. The molecule has 1 fully saturated rings. The highest BCUT2D eigenvalue weighted by Gasteiger charge is 2.30. The molecule has 102 valence electrons. The van der Waals surface area contributed by atoms with Crippen molar-refractivity contribution in [1.29, 1.82) is 5.26 Å². The van der Waals surface area contributed by atoms with E-state index >= 15 is 0 Å². The van der Waals surface area contributed by atoms with E-state index in [-0.39, 0.29) is 12.3 Å². The smallest absolute Gasteiger partial charge is 0.233 e. The second-order valence-corrected chi connectivity index (χ2v) is 8.28. The predicted octanol–water partition coefficient (Wildman–Crippen LogP) is 3.65. The molecule has 6 heteroatoms. The quantitative estimate of drug-likeness (QED) is 0.865. The summed E-state index contributed by atoms with van der Waals surface area (Å²) in [5, 5.41) is 12.5. The molecule has 1 amide bonds. The summed E-state index contributed by atoms with van der Waals surface area (Å²) < 4.78 is 2.91. The highest BCUT2D eigenvalue weighted by molar-refractivity contribution is 8.36. The summed E-state index contributed by atoms with van der Waals surface area (Å²) in [6, 6.07) is 5.15. The van der Waals surface area contributed by atoms with Crippen molar-refractivity contribution in [3.8, 4) is 5.40 Å². The zero-order valence-corrected chi connectivity index (χ0v) is 12.6. The van der Waals surface area contributed by atoms with Crippen LogP contribution < -0.4 is 4.72 Å². The van der Waals surface area contributed by atoms with Crippen molar-refractivity contribution < 1.29 is 4.79 Å². The lowest BCUT2D eigenvalue weighted by atomic mass is 10.1. The number of carbonyl (C=O) groups excluding carboxylic acids is 1. The number of rotatable bonds is 3.